The molecule has 3 nitrogen and oxygen atoms in total. The fourth-order valence-electron chi connectivity index (χ4n) is 0.947. The van der Waals surface area contributed by atoms with E-state index in [-0.39, 0.29) is 6.08 Å². The normalized spacial score (nSPS) is 14.1. The highest BCUT2D eigenvalue weighted by molar-refractivity contribution is 5.93. The van der Waals surface area contributed by atoms with E-state index in [0.717, 1.165) is 14.0 Å². The molecule has 100 valence electrons. The highest BCUT2D eigenvalue weighted by Gasteiger charge is 2.60. The first-order valence-electron chi connectivity index (χ1n) is 4.06. The van der Waals surface area contributed by atoms with E-state index >= 15 is 0 Å². The van der Waals surface area contributed by atoms with Crippen LogP contribution in [-0.4, -0.2) is 25.2 Å². The molecule has 0 amide bonds. The molecule has 0 saturated heterocycles. The Hall–Kier alpha value is -1.25. The first-order chi connectivity index (χ1) is 7.50. The van der Waals surface area contributed by atoms with Gasteiger partial charge in [0.25, 0.3) is 0 Å². The van der Waals surface area contributed by atoms with Crippen LogP contribution in [0.3, 0.4) is 0 Å². The number of hydrogen-bond acceptors (Lipinski definition) is 3. The van der Waals surface area contributed by atoms with E-state index < -0.39 is 29.8 Å². The van der Waals surface area contributed by atoms with E-state index in [0.29, 0.717) is 0 Å². The van der Waals surface area contributed by atoms with Gasteiger partial charge in [-0.1, -0.05) is 0 Å². The van der Waals surface area contributed by atoms with Crippen molar-refractivity contribution in [3.05, 3.63) is 11.8 Å². The highest BCUT2D eigenvalue weighted by atomic mass is 19.4. The zero-order chi connectivity index (χ0) is 13.9. The number of rotatable bonds is 4. The van der Waals surface area contributed by atoms with Gasteiger partial charge in [-0.05, 0) is 6.92 Å². The summed E-state index contributed by atoms with van der Waals surface area (Å²) in [6.07, 6.45) is -11.3. The maximum Gasteiger partial charge on any atom is 0.407 e. The molecule has 0 aromatic carbocycles. The molecule has 9 heteroatoms. The molecule has 0 heterocycles. The molecule has 0 aliphatic heterocycles. The summed E-state index contributed by atoms with van der Waals surface area (Å²) in [5.41, 5.74) is 0. The van der Waals surface area contributed by atoms with Crippen molar-refractivity contribution >= 4 is 5.78 Å². The second-order valence-corrected chi connectivity index (χ2v) is 2.92. The maximum atomic E-state index is 12.1. The van der Waals surface area contributed by atoms with Crippen molar-refractivity contribution in [3.63, 3.8) is 0 Å². The van der Waals surface area contributed by atoms with E-state index in [1.54, 1.807) is 0 Å². The van der Waals surface area contributed by atoms with Gasteiger partial charge in [0.1, 0.15) is 5.76 Å². The standard InChI is InChI=1S/C8H8F6O3/c1-4(17-16-2)3-5(15)6(7(9,10)11)8(12,13)14/h3,6H,1-2H3/b4-3+. The quantitative estimate of drug-likeness (QED) is 0.258. The second-order valence-electron chi connectivity index (χ2n) is 2.92. The van der Waals surface area contributed by atoms with E-state index in [9.17, 15) is 31.1 Å². The number of halogens is 6. The molecular formula is C8H8F6O3. The molecule has 0 radical (unpaired) electrons. The van der Waals surface area contributed by atoms with Gasteiger partial charge in [-0.15, -0.1) is 0 Å². The minimum Gasteiger partial charge on any atom is -0.343 e. The molecule has 17 heavy (non-hydrogen) atoms. The molecule has 0 aromatic heterocycles. The summed E-state index contributed by atoms with van der Waals surface area (Å²) in [6.45, 7) is 0.977. The van der Waals surface area contributed by atoms with Gasteiger partial charge >= 0.3 is 12.4 Å². The van der Waals surface area contributed by atoms with Gasteiger partial charge < -0.3 is 4.89 Å². The molecule has 0 rings (SSSR count). The van der Waals surface area contributed by atoms with Crippen molar-refractivity contribution in [1.29, 1.82) is 0 Å². The predicted molar refractivity (Wildman–Crippen MR) is 42.5 cm³/mol. The molecule has 0 bridgehead atoms. The fraction of sp³-hybridized carbons (Fsp3) is 0.625. The van der Waals surface area contributed by atoms with Crippen LogP contribution in [0.1, 0.15) is 6.92 Å². The Morgan fingerprint density at radius 2 is 1.53 bits per heavy atom. The Bertz CT molecular complexity index is 289. The Morgan fingerprint density at radius 3 is 1.82 bits per heavy atom. The smallest absolute Gasteiger partial charge is 0.343 e. The van der Waals surface area contributed by atoms with Crippen molar-refractivity contribution in [3.8, 4) is 0 Å². The zero-order valence-electron chi connectivity index (χ0n) is 8.65. The third kappa shape index (κ3) is 5.07. The van der Waals surface area contributed by atoms with Crippen LogP contribution in [0, 0.1) is 5.92 Å². The van der Waals surface area contributed by atoms with Gasteiger partial charge in [0.05, 0.1) is 7.11 Å². The first kappa shape index (κ1) is 15.8. The first-order valence-corrected chi connectivity index (χ1v) is 4.06. The molecule has 0 saturated carbocycles. The van der Waals surface area contributed by atoms with Gasteiger partial charge in [0.2, 0.25) is 5.92 Å². The number of carbonyl (C=O) groups is 1. The predicted octanol–water partition coefficient (Wildman–Crippen LogP) is 2.78. The third-order valence-corrected chi connectivity index (χ3v) is 1.50. The lowest BCUT2D eigenvalue weighted by Gasteiger charge is -2.20. The largest absolute Gasteiger partial charge is 0.407 e. The van der Waals surface area contributed by atoms with Crippen molar-refractivity contribution < 1.29 is 40.9 Å². The van der Waals surface area contributed by atoms with Crippen molar-refractivity contribution in [2.24, 2.45) is 5.92 Å². The van der Waals surface area contributed by atoms with Crippen LogP contribution in [0.4, 0.5) is 26.3 Å². The Labute approximate surface area is 91.9 Å². The monoisotopic (exact) mass is 266 g/mol. The average molecular weight is 266 g/mol. The number of alkyl halides is 6. The molecule has 0 spiro atoms. The lowest BCUT2D eigenvalue weighted by Crippen LogP contribution is -2.41. The lowest BCUT2D eigenvalue weighted by molar-refractivity contribution is -0.272. The van der Waals surface area contributed by atoms with E-state index in [2.05, 4.69) is 9.78 Å². The Kier molecular flexibility index (Phi) is 4.99. The maximum absolute atomic E-state index is 12.1. The van der Waals surface area contributed by atoms with Gasteiger partial charge in [0.15, 0.2) is 5.78 Å². The van der Waals surface area contributed by atoms with E-state index in [1.807, 2.05) is 0 Å². The molecule has 0 aromatic rings. The summed E-state index contributed by atoms with van der Waals surface area (Å²) in [7, 11) is 0.979. The number of allylic oxidation sites excluding steroid dienone is 2. The van der Waals surface area contributed by atoms with Crippen LogP contribution >= 0.6 is 0 Å². The van der Waals surface area contributed by atoms with Crippen LogP contribution in [0.2, 0.25) is 0 Å². The minimum absolute atomic E-state index is 0.0785. The average Bonchev–Trinajstić information content (AvgIpc) is 1.96. The van der Waals surface area contributed by atoms with Crippen LogP contribution in [-0.2, 0) is 14.6 Å². The molecule has 0 N–H and O–H groups in total. The summed E-state index contributed by atoms with van der Waals surface area (Å²) in [5, 5.41) is 0. The second kappa shape index (κ2) is 5.39. The fourth-order valence-corrected chi connectivity index (χ4v) is 0.947. The molecule has 0 aliphatic rings. The van der Waals surface area contributed by atoms with Gasteiger partial charge in [0, 0.05) is 6.08 Å². The van der Waals surface area contributed by atoms with Crippen molar-refractivity contribution in [2.45, 2.75) is 19.3 Å². The Balaban J connectivity index is 5.11. The van der Waals surface area contributed by atoms with E-state index in [4.69, 9.17) is 0 Å². The summed E-state index contributed by atoms with van der Waals surface area (Å²) >= 11 is 0. The molecule has 0 unspecified atom stereocenters. The van der Waals surface area contributed by atoms with Gasteiger partial charge in [-0.25, -0.2) is 0 Å². The molecule has 0 atom stereocenters. The molecular weight excluding hydrogens is 258 g/mol. The number of hydrogen-bond donors (Lipinski definition) is 0. The number of ketones is 1. The van der Waals surface area contributed by atoms with Crippen LogP contribution in [0.15, 0.2) is 11.8 Å². The highest BCUT2D eigenvalue weighted by Crippen LogP contribution is 2.40. The molecule has 0 aliphatic carbocycles. The SMILES string of the molecule is COO/C(C)=C/C(=O)C(C(F)(F)F)C(F)(F)F. The van der Waals surface area contributed by atoms with Crippen LogP contribution in [0.5, 0.6) is 0 Å². The number of carbonyl (C=O) groups excluding carboxylic acids is 1. The van der Waals surface area contributed by atoms with E-state index in [1.165, 1.54) is 0 Å². The van der Waals surface area contributed by atoms with Gasteiger partial charge in [-0.3, -0.25) is 4.79 Å². The lowest BCUT2D eigenvalue weighted by atomic mass is 10.0. The van der Waals surface area contributed by atoms with Gasteiger partial charge in [-0.2, -0.15) is 31.2 Å². The topological polar surface area (TPSA) is 35.5 Å². The summed E-state index contributed by atoms with van der Waals surface area (Å²) in [4.78, 5) is 18.9. The third-order valence-electron chi connectivity index (χ3n) is 1.50. The van der Waals surface area contributed by atoms with Crippen molar-refractivity contribution in [1.82, 2.24) is 0 Å². The van der Waals surface area contributed by atoms with Crippen LogP contribution in [0.25, 0.3) is 0 Å². The molecule has 0 fully saturated rings. The van der Waals surface area contributed by atoms with Crippen molar-refractivity contribution in [2.75, 3.05) is 7.11 Å². The Morgan fingerprint density at radius 1 is 1.12 bits per heavy atom. The zero-order valence-corrected chi connectivity index (χ0v) is 8.65. The summed E-state index contributed by atoms with van der Waals surface area (Å²) in [5.74, 6) is -6.75. The minimum atomic E-state index is -5.71. The van der Waals surface area contributed by atoms with Crippen LogP contribution < -0.4 is 0 Å². The summed E-state index contributed by atoms with van der Waals surface area (Å²) < 4.78 is 72.4. The summed E-state index contributed by atoms with van der Waals surface area (Å²) in [6, 6.07) is 0.